The normalized spacial score (nSPS) is 9.81. The molecule has 0 saturated carbocycles. The molecule has 0 aromatic heterocycles. The Morgan fingerprint density at radius 3 is 1.00 bits per heavy atom. The first kappa shape index (κ1) is 38.1. The molecule has 0 atom stereocenters. The highest BCUT2D eigenvalue weighted by atomic mass is 16.4. The molecule has 0 aromatic rings. The number of hydrogen-bond acceptors (Lipinski definition) is 4. The Kier molecular flexibility index (Phi) is 41.1. The third-order valence-electron chi connectivity index (χ3n) is 4.94. The van der Waals surface area contributed by atoms with Gasteiger partial charge in [0.1, 0.15) is 0 Å². The Morgan fingerprint density at radius 1 is 0.531 bits per heavy atom. The van der Waals surface area contributed by atoms with Crippen molar-refractivity contribution in [1.82, 2.24) is 6.15 Å². The van der Waals surface area contributed by atoms with Crippen LogP contribution in [-0.2, 0) is 9.59 Å². The van der Waals surface area contributed by atoms with Gasteiger partial charge >= 0.3 is 0 Å². The fourth-order valence-electron chi connectivity index (χ4n) is 3.08. The van der Waals surface area contributed by atoms with Gasteiger partial charge in [-0.1, -0.05) is 111 Å². The molecule has 6 heteroatoms. The smallest absolute Gasteiger partial charge is 0.0766 e. The molecule has 0 unspecified atom stereocenters. The lowest BCUT2D eigenvalue weighted by molar-refractivity contribution is -0.858. The summed E-state index contributed by atoms with van der Waals surface area (Å²) < 4.78 is 0. The van der Waals surface area contributed by atoms with Gasteiger partial charge < -0.3 is 30.9 Å². The fourth-order valence-corrected chi connectivity index (χ4v) is 3.08. The van der Waals surface area contributed by atoms with Gasteiger partial charge in [-0.2, -0.15) is 0 Å². The first-order valence-corrected chi connectivity index (χ1v) is 13.0. The standard InChI is InChI=1S/C18H39N.2C4H8O2.H3N/c1-4-5-6-7-8-9-10-11-12-13-14-15-16-17-18-19(2)3;2*1-2-3-4(5)6;/h4-18H2,1-3H3;2*2-3H2,1H3,(H,5,6);1H3. The first-order valence-electron chi connectivity index (χ1n) is 13.0. The quantitative estimate of drug-likeness (QED) is 0.281. The Balaban J connectivity index is -0.000000248. The molecule has 0 aliphatic rings. The summed E-state index contributed by atoms with van der Waals surface area (Å²) >= 11 is 0. The van der Waals surface area contributed by atoms with Crippen LogP contribution in [0.2, 0.25) is 0 Å². The van der Waals surface area contributed by atoms with E-state index in [0.29, 0.717) is 12.8 Å². The van der Waals surface area contributed by atoms with Crippen molar-refractivity contribution in [2.75, 3.05) is 20.6 Å². The molecule has 0 amide bonds. The molecule has 0 aliphatic carbocycles. The van der Waals surface area contributed by atoms with Gasteiger partial charge in [0, 0.05) is 11.9 Å². The second kappa shape index (κ2) is 34.5. The molecule has 0 radical (unpaired) electrons. The number of hydrogen-bond donors (Lipinski definition) is 2. The fraction of sp³-hybridized carbons (Fsp3) is 0.923. The minimum Gasteiger partial charge on any atom is -0.550 e. The van der Waals surface area contributed by atoms with Gasteiger partial charge in [-0.25, -0.2) is 0 Å². The van der Waals surface area contributed by atoms with Gasteiger partial charge in [0.25, 0.3) is 0 Å². The van der Waals surface area contributed by atoms with E-state index in [0.717, 1.165) is 0 Å². The topological polar surface area (TPSA) is 121 Å². The second-order valence-corrected chi connectivity index (χ2v) is 8.80. The predicted octanol–water partition coefficient (Wildman–Crippen LogP) is 4.06. The van der Waals surface area contributed by atoms with E-state index in [1.165, 1.54) is 96.4 Å². The highest BCUT2D eigenvalue weighted by molar-refractivity contribution is 5.64. The van der Waals surface area contributed by atoms with E-state index in [1.807, 2.05) is 0 Å². The van der Waals surface area contributed by atoms with Crippen LogP contribution in [-0.4, -0.2) is 32.6 Å². The molecule has 0 aliphatic heterocycles. The first-order chi connectivity index (χ1) is 14.8. The molecule has 0 bridgehead atoms. The third-order valence-corrected chi connectivity index (χ3v) is 4.94. The molecule has 0 spiro atoms. The number of carbonyl (C=O) groups is 2. The summed E-state index contributed by atoms with van der Waals surface area (Å²) in [6, 6.07) is 0. The molecule has 196 valence electrons. The summed E-state index contributed by atoms with van der Waals surface area (Å²) in [5.74, 6) is -1.92. The van der Waals surface area contributed by atoms with Crippen LogP contribution in [0.1, 0.15) is 136 Å². The molecule has 0 aromatic carbocycles. The van der Waals surface area contributed by atoms with Crippen molar-refractivity contribution in [2.24, 2.45) is 0 Å². The number of carbonyl (C=O) groups excluding carboxylic acids is 2. The monoisotopic (exact) mass is 462 g/mol. The maximum Gasteiger partial charge on any atom is 0.0766 e. The Labute approximate surface area is 200 Å². The molecule has 0 saturated heterocycles. The average molecular weight is 463 g/mol. The van der Waals surface area contributed by atoms with Gasteiger partial charge in [0.2, 0.25) is 0 Å². The zero-order chi connectivity index (χ0) is 24.2. The van der Waals surface area contributed by atoms with Gasteiger partial charge in [0.05, 0.1) is 20.6 Å². The number of carboxylic acids is 2. The van der Waals surface area contributed by atoms with Crippen molar-refractivity contribution in [2.45, 2.75) is 136 Å². The van der Waals surface area contributed by atoms with Crippen LogP contribution < -0.4 is 21.3 Å². The minimum absolute atomic E-state index is 0. The minimum atomic E-state index is -0.961. The van der Waals surface area contributed by atoms with Crippen LogP contribution >= 0.6 is 0 Å². The summed E-state index contributed by atoms with van der Waals surface area (Å²) in [5, 5.41) is 19.0. The van der Waals surface area contributed by atoms with Crippen LogP contribution in [0.5, 0.6) is 0 Å². The van der Waals surface area contributed by atoms with Gasteiger partial charge in [0.15, 0.2) is 0 Å². The molecular weight excluding hydrogens is 404 g/mol. The maximum atomic E-state index is 9.49. The Morgan fingerprint density at radius 2 is 0.812 bits per heavy atom. The summed E-state index contributed by atoms with van der Waals surface area (Å²) in [5.41, 5.74) is 0. The van der Waals surface area contributed by atoms with Gasteiger partial charge in [-0.3, -0.25) is 0 Å². The number of quaternary nitrogens is 2. The van der Waals surface area contributed by atoms with E-state index < -0.39 is 11.9 Å². The molecule has 32 heavy (non-hydrogen) atoms. The summed E-state index contributed by atoms with van der Waals surface area (Å²) in [6.45, 7) is 7.24. The van der Waals surface area contributed by atoms with E-state index in [9.17, 15) is 19.8 Å². The predicted molar refractivity (Wildman–Crippen MR) is 134 cm³/mol. The summed E-state index contributed by atoms with van der Waals surface area (Å²) in [7, 11) is 4.50. The Hall–Kier alpha value is -1.14. The zero-order valence-corrected chi connectivity index (χ0v) is 22.6. The van der Waals surface area contributed by atoms with Crippen LogP contribution in [0.3, 0.4) is 0 Å². The maximum absolute atomic E-state index is 9.49. The molecular formula is C26H58N2O4. The lowest BCUT2D eigenvalue weighted by atomic mass is 10.0. The van der Waals surface area contributed by atoms with E-state index >= 15 is 0 Å². The van der Waals surface area contributed by atoms with E-state index in [2.05, 4.69) is 21.0 Å². The van der Waals surface area contributed by atoms with Crippen LogP contribution in [0.4, 0.5) is 0 Å². The summed E-state index contributed by atoms with van der Waals surface area (Å²) in [4.78, 5) is 20.6. The Bertz CT molecular complexity index is 348. The van der Waals surface area contributed by atoms with Crippen molar-refractivity contribution in [3.63, 3.8) is 0 Å². The van der Waals surface area contributed by atoms with Crippen molar-refractivity contribution >= 4 is 11.9 Å². The molecule has 0 heterocycles. The van der Waals surface area contributed by atoms with Crippen LogP contribution in [0.15, 0.2) is 0 Å². The van der Waals surface area contributed by atoms with E-state index in [1.54, 1.807) is 18.7 Å². The molecule has 0 fully saturated rings. The number of rotatable bonds is 19. The largest absolute Gasteiger partial charge is 0.550 e. The van der Waals surface area contributed by atoms with E-state index in [-0.39, 0.29) is 19.0 Å². The number of unbranched alkanes of at least 4 members (excludes halogenated alkanes) is 13. The summed E-state index contributed by atoms with van der Waals surface area (Å²) in [6.07, 6.45) is 22.1. The van der Waals surface area contributed by atoms with Crippen molar-refractivity contribution in [1.29, 1.82) is 0 Å². The van der Waals surface area contributed by atoms with Gasteiger partial charge in [-0.15, -0.1) is 0 Å². The lowest BCUT2D eigenvalue weighted by Gasteiger charge is -2.06. The number of nitrogens with one attached hydrogen (secondary N) is 1. The lowest BCUT2D eigenvalue weighted by Crippen LogP contribution is -3.05. The van der Waals surface area contributed by atoms with Crippen molar-refractivity contribution in [3.05, 3.63) is 0 Å². The molecule has 5 N–H and O–H groups in total. The zero-order valence-electron chi connectivity index (χ0n) is 22.6. The molecule has 0 rings (SSSR count). The third kappa shape index (κ3) is 51.5. The number of carboxylic acid groups (broad SMARTS) is 2. The van der Waals surface area contributed by atoms with Crippen molar-refractivity contribution < 1.29 is 24.7 Å². The van der Waals surface area contributed by atoms with Crippen molar-refractivity contribution in [3.8, 4) is 0 Å². The van der Waals surface area contributed by atoms with E-state index in [4.69, 9.17) is 0 Å². The highest BCUT2D eigenvalue weighted by Crippen LogP contribution is 2.12. The van der Waals surface area contributed by atoms with Crippen LogP contribution in [0, 0.1) is 0 Å². The van der Waals surface area contributed by atoms with Gasteiger partial charge in [-0.05, 0) is 25.7 Å². The average Bonchev–Trinajstić information content (AvgIpc) is 2.69. The van der Waals surface area contributed by atoms with Crippen LogP contribution in [0.25, 0.3) is 0 Å². The number of aliphatic carboxylic acids is 2. The SMILES string of the molecule is CCCC(=O)[O-].CCCC(=O)[O-].CCCCCCCCCCCCCCCC[NH+](C)C.[NH4+]. The second-order valence-electron chi connectivity index (χ2n) is 8.80. The molecule has 6 nitrogen and oxygen atoms in total. The highest BCUT2D eigenvalue weighted by Gasteiger charge is 1.95.